The van der Waals surface area contributed by atoms with Crippen molar-refractivity contribution in [3.8, 4) is 0 Å². The number of aliphatic hydroxyl groups is 4. The van der Waals surface area contributed by atoms with Crippen molar-refractivity contribution < 1.29 is 20.4 Å². The number of hydrogen-bond acceptors (Lipinski definition) is 6. The van der Waals surface area contributed by atoms with Gasteiger partial charge < -0.3 is 20.4 Å². The fourth-order valence-electron chi connectivity index (χ4n) is 0.191. The van der Waals surface area contributed by atoms with Gasteiger partial charge in [-0.2, -0.15) is 0 Å². The summed E-state index contributed by atoms with van der Waals surface area (Å²) in [6.07, 6.45) is 1.73. The Labute approximate surface area is 78.0 Å². The first kappa shape index (κ1) is 12.0. The smallest absolute Gasteiger partial charge is 0.243 e. The minimum Gasteiger partial charge on any atom is -0.353 e. The summed E-state index contributed by atoms with van der Waals surface area (Å²) in [4.78, 5) is 0. The fraction of sp³-hybridized carbons (Fsp3) is 0.333. The minimum absolute atomic E-state index is 0.449. The van der Waals surface area contributed by atoms with Gasteiger partial charge in [0, 0.05) is 0 Å². The Bertz CT molecular complexity index is 158. The van der Waals surface area contributed by atoms with Crippen molar-refractivity contribution in [1.29, 1.82) is 0 Å². The lowest BCUT2D eigenvalue weighted by molar-refractivity contribution is -0.0364. The third-order valence-electron chi connectivity index (χ3n) is 0.819. The molecule has 0 rings (SSSR count). The molecule has 0 aromatic heterocycles. The zero-order chi connectivity index (χ0) is 9.83. The molecule has 0 aliphatic rings. The van der Waals surface area contributed by atoms with Crippen LogP contribution in [-0.2, 0) is 0 Å². The zero-order valence-corrected chi connectivity index (χ0v) is 7.81. The minimum atomic E-state index is -2.18. The molecule has 0 aromatic rings. The summed E-state index contributed by atoms with van der Waals surface area (Å²) < 4.78 is 0. The molecule has 0 unspecified atom stereocenters. The molecule has 70 valence electrons. The molecule has 12 heavy (non-hydrogen) atoms. The molecule has 0 amide bonds. The van der Waals surface area contributed by atoms with Gasteiger partial charge in [-0.1, -0.05) is 13.2 Å². The summed E-state index contributed by atoms with van der Waals surface area (Å²) in [6.45, 7) is 6.27. The maximum absolute atomic E-state index is 8.91. The lowest BCUT2D eigenvalue weighted by Gasteiger charge is -2.20. The molecule has 0 heterocycles. The highest BCUT2D eigenvalue weighted by Crippen LogP contribution is 2.39. The highest BCUT2D eigenvalue weighted by molar-refractivity contribution is 8.77. The van der Waals surface area contributed by atoms with Gasteiger partial charge in [0.15, 0.2) is 0 Å². The molecule has 0 atom stereocenters. The van der Waals surface area contributed by atoms with Crippen LogP contribution in [-0.4, -0.2) is 30.7 Å². The second kappa shape index (κ2) is 4.31. The summed E-state index contributed by atoms with van der Waals surface area (Å²) >= 11 is 0. The van der Waals surface area contributed by atoms with Gasteiger partial charge in [0.1, 0.15) is 0 Å². The van der Waals surface area contributed by atoms with Gasteiger partial charge in [0.05, 0.1) is 0 Å². The van der Waals surface area contributed by atoms with Crippen molar-refractivity contribution in [2.45, 2.75) is 10.2 Å². The Hall–Kier alpha value is 0.0200. The molecule has 0 radical (unpaired) electrons. The van der Waals surface area contributed by atoms with Crippen LogP contribution in [0.1, 0.15) is 0 Å². The molecule has 4 N–H and O–H groups in total. The Morgan fingerprint density at radius 1 is 0.833 bits per heavy atom. The second-order valence-corrected chi connectivity index (χ2v) is 4.43. The predicted octanol–water partition coefficient (Wildman–Crippen LogP) is 0.0166. The van der Waals surface area contributed by atoms with Gasteiger partial charge in [0.2, 0.25) is 10.2 Å². The molecule has 0 saturated carbocycles. The third kappa shape index (κ3) is 4.81. The first-order valence-electron chi connectivity index (χ1n) is 2.86. The van der Waals surface area contributed by atoms with E-state index in [0.29, 0.717) is 21.6 Å². The summed E-state index contributed by atoms with van der Waals surface area (Å²) in [7, 11) is 0.897. The van der Waals surface area contributed by atoms with Crippen molar-refractivity contribution in [2.75, 3.05) is 0 Å². The van der Waals surface area contributed by atoms with Gasteiger partial charge in [0.25, 0.3) is 0 Å². The van der Waals surface area contributed by atoms with E-state index in [2.05, 4.69) is 13.2 Å². The van der Waals surface area contributed by atoms with Crippen LogP contribution >= 0.6 is 21.6 Å². The van der Waals surface area contributed by atoms with E-state index in [1.54, 1.807) is 0 Å². The van der Waals surface area contributed by atoms with E-state index in [0.717, 1.165) is 12.2 Å². The molecule has 0 aromatic carbocycles. The van der Waals surface area contributed by atoms with E-state index in [9.17, 15) is 0 Å². The van der Waals surface area contributed by atoms with Gasteiger partial charge in [-0.3, -0.25) is 0 Å². The van der Waals surface area contributed by atoms with Crippen molar-refractivity contribution in [2.24, 2.45) is 0 Å². The molecule has 0 bridgehead atoms. The van der Waals surface area contributed by atoms with Crippen LogP contribution in [0.5, 0.6) is 0 Å². The zero-order valence-electron chi connectivity index (χ0n) is 6.17. The SMILES string of the molecule is C=CC(O)(O)SSC(O)(O)C=C. The molecule has 6 heteroatoms. The van der Waals surface area contributed by atoms with E-state index in [1.165, 1.54) is 0 Å². The van der Waals surface area contributed by atoms with E-state index in [4.69, 9.17) is 20.4 Å². The molecule has 4 nitrogen and oxygen atoms in total. The van der Waals surface area contributed by atoms with Gasteiger partial charge in [-0.25, -0.2) is 0 Å². The van der Waals surface area contributed by atoms with Crippen LogP contribution < -0.4 is 0 Å². The van der Waals surface area contributed by atoms with Crippen LogP contribution in [0, 0.1) is 0 Å². The van der Waals surface area contributed by atoms with Crippen molar-refractivity contribution in [3.63, 3.8) is 0 Å². The number of rotatable bonds is 5. The van der Waals surface area contributed by atoms with E-state index in [1.807, 2.05) is 0 Å². The Balaban J connectivity index is 3.98. The summed E-state index contributed by atoms with van der Waals surface area (Å²) in [6, 6.07) is 0. The average Bonchev–Trinajstić information content (AvgIpc) is 2.02. The third-order valence-corrected chi connectivity index (χ3v) is 3.45. The molecule has 0 saturated heterocycles. The largest absolute Gasteiger partial charge is 0.353 e. The van der Waals surface area contributed by atoms with E-state index >= 15 is 0 Å². The Morgan fingerprint density at radius 3 is 1.25 bits per heavy atom. The first-order chi connectivity index (χ1) is 5.33. The van der Waals surface area contributed by atoms with Crippen LogP contribution in [0.4, 0.5) is 0 Å². The average molecular weight is 210 g/mol. The summed E-state index contributed by atoms with van der Waals surface area (Å²) in [5.74, 6) is 0. The molecule has 0 aliphatic carbocycles. The topological polar surface area (TPSA) is 80.9 Å². The maximum Gasteiger partial charge on any atom is 0.243 e. The molecule has 0 aliphatic heterocycles. The lowest BCUT2D eigenvalue weighted by atomic mass is 10.6. The lowest BCUT2D eigenvalue weighted by Crippen LogP contribution is -2.23. The van der Waals surface area contributed by atoms with Crippen LogP contribution in [0.15, 0.2) is 25.3 Å². The molecular weight excluding hydrogens is 200 g/mol. The first-order valence-corrected chi connectivity index (χ1v) is 5.01. The van der Waals surface area contributed by atoms with Crippen molar-refractivity contribution in [1.82, 2.24) is 0 Å². The molecular formula is C6H10O4S2. The molecule has 0 fully saturated rings. The van der Waals surface area contributed by atoms with Crippen LogP contribution in [0.25, 0.3) is 0 Å². The van der Waals surface area contributed by atoms with Crippen molar-refractivity contribution in [3.05, 3.63) is 25.3 Å². The van der Waals surface area contributed by atoms with Gasteiger partial charge in [-0.15, -0.1) is 0 Å². The number of hydrogen-bond donors (Lipinski definition) is 4. The highest BCUT2D eigenvalue weighted by Gasteiger charge is 2.27. The quantitative estimate of drug-likeness (QED) is 0.291. The highest BCUT2D eigenvalue weighted by atomic mass is 33.1. The summed E-state index contributed by atoms with van der Waals surface area (Å²) in [5.41, 5.74) is 0. The Morgan fingerprint density at radius 2 is 1.08 bits per heavy atom. The van der Waals surface area contributed by atoms with Crippen molar-refractivity contribution >= 4 is 21.6 Å². The second-order valence-electron chi connectivity index (χ2n) is 1.89. The Kier molecular flexibility index (Phi) is 4.32. The van der Waals surface area contributed by atoms with Gasteiger partial charge >= 0.3 is 0 Å². The van der Waals surface area contributed by atoms with Crippen LogP contribution in [0.2, 0.25) is 0 Å². The van der Waals surface area contributed by atoms with E-state index < -0.39 is 10.2 Å². The van der Waals surface area contributed by atoms with Crippen LogP contribution in [0.3, 0.4) is 0 Å². The maximum atomic E-state index is 8.91. The standard InChI is InChI=1S/C6H10O4S2/c1-3-5(7,8)11-12-6(9,10)4-2/h3-4,7-10H,1-2H2. The molecule has 0 spiro atoms. The summed E-state index contributed by atoms with van der Waals surface area (Å²) in [5, 5.41) is 31.3. The monoisotopic (exact) mass is 210 g/mol. The van der Waals surface area contributed by atoms with E-state index in [-0.39, 0.29) is 0 Å². The fourth-order valence-corrected chi connectivity index (χ4v) is 1.72. The van der Waals surface area contributed by atoms with Gasteiger partial charge in [-0.05, 0) is 33.7 Å². The normalized spacial score (nSPS) is 12.7. The predicted molar refractivity (Wildman–Crippen MR) is 49.9 cm³/mol.